The molecule has 106 valence electrons. The lowest BCUT2D eigenvalue weighted by molar-refractivity contribution is -0.144. The first-order valence-electron chi connectivity index (χ1n) is 7.29. The average Bonchev–Trinajstić information content (AvgIpc) is 3.12. The molecule has 0 spiro atoms. The second-order valence-corrected chi connectivity index (χ2v) is 5.25. The molecule has 4 nitrogen and oxygen atoms in total. The molecule has 1 heterocycles. The maximum absolute atomic E-state index is 11.8. The van der Waals surface area contributed by atoms with Gasteiger partial charge >= 0.3 is 5.97 Å². The molecule has 1 aromatic carbocycles. The maximum Gasteiger partial charge on any atom is 0.309 e. The fraction of sp³-hybridized carbons (Fsp3) is 0.500. The number of nitrogens with zero attached hydrogens (tertiary/aromatic N) is 1. The molecule has 4 heteroatoms. The Bertz CT molecular complexity index is 632. The topological polar surface area (TPSA) is 52.3 Å². The molecule has 1 aliphatic carbocycles. The number of fused-ring (bicyclic) bond motifs is 1. The predicted octanol–water partition coefficient (Wildman–Crippen LogP) is 3.45. The number of carbonyl (C=O) groups excluding carboxylic acids is 1. The summed E-state index contributed by atoms with van der Waals surface area (Å²) in [5.74, 6) is 0.895. The summed E-state index contributed by atoms with van der Waals surface area (Å²) in [6.45, 7) is 4.38. The van der Waals surface area contributed by atoms with Crippen molar-refractivity contribution in [2.24, 2.45) is 5.92 Å². The monoisotopic (exact) mass is 273 g/mol. The van der Waals surface area contributed by atoms with E-state index in [1.807, 2.05) is 25.1 Å². The van der Waals surface area contributed by atoms with Gasteiger partial charge in [-0.25, -0.2) is 4.98 Å². The molecule has 1 saturated carbocycles. The van der Waals surface area contributed by atoms with Crippen molar-refractivity contribution >= 4 is 17.1 Å². The quantitative estimate of drug-likeness (QED) is 0.783. The van der Waals surface area contributed by atoms with Gasteiger partial charge in [0, 0.05) is 17.9 Å². The standard InChI is InChI=1S/C16H19NO3/c1-3-6-14-17-13-8-5-7-10(15(13)20-14)11-9-12(11)16(18)19-4-2/h5,7-8,11-12H,3-4,6,9H2,1-2H3/t11-,12+/m0/s1. The normalized spacial score (nSPS) is 21.1. The SMILES string of the molecule is CCCc1nc2cccc([C@@H]3C[C@H]3C(=O)OCC)c2o1. The molecule has 0 N–H and O–H groups in total. The van der Waals surface area contributed by atoms with Crippen LogP contribution in [-0.2, 0) is 16.0 Å². The van der Waals surface area contributed by atoms with E-state index in [0.717, 1.165) is 41.8 Å². The molecule has 1 aliphatic rings. The molecule has 0 bridgehead atoms. The molecule has 1 fully saturated rings. The van der Waals surface area contributed by atoms with Crippen LogP contribution in [0, 0.1) is 5.92 Å². The summed E-state index contributed by atoms with van der Waals surface area (Å²) < 4.78 is 11.0. The van der Waals surface area contributed by atoms with Gasteiger partial charge in [-0.1, -0.05) is 19.1 Å². The van der Waals surface area contributed by atoms with Gasteiger partial charge in [-0.3, -0.25) is 4.79 Å². The molecule has 20 heavy (non-hydrogen) atoms. The number of benzene rings is 1. The van der Waals surface area contributed by atoms with Crippen LogP contribution in [0.4, 0.5) is 0 Å². The number of hydrogen-bond acceptors (Lipinski definition) is 4. The summed E-state index contributed by atoms with van der Waals surface area (Å²) in [6.07, 6.45) is 2.71. The minimum Gasteiger partial charge on any atom is -0.466 e. The van der Waals surface area contributed by atoms with Crippen molar-refractivity contribution in [2.75, 3.05) is 6.61 Å². The summed E-state index contributed by atoms with van der Waals surface area (Å²) in [5.41, 5.74) is 2.82. The third kappa shape index (κ3) is 2.30. The smallest absolute Gasteiger partial charge is 0.309 e. The van der Waals surface area contributed by atoms with Crippen LogP contribution in [0.15, 0.2) is 22.6 Å². The van der Waals surface area contributed by atoms with Crippen molar-refractivity contribution < 1.29 is 13.9 Å². The lowest BCUT2D eigenvalue weighted by Crippen LogP contribution is -2.07. The van der Waals surface area contributed by atoms with E-state index in [-0.39, 0.29) is 17.8 Å². The maximum atomic E-state index is 11.8. The highest BCUT2D eigenvalue weighted by Crippen LogP contribution is 2.50. The molecular weight excluding hydrogens is 254 g/mol. The molecule has 0 amide bonds. The predicted molar refractivity (Wildman–Crippen MR) is 75.5 cm³/mol. The number of rotatable bonds is 5. The Morgan fingerprint density at radius 3 is 3.05 bits per heavy atom. The molecule has 0 aliphatic heterocycles. The second-order valence-electron chi connectivity index (χ2n) is 5.25. The van der Waals surface area contributed by atoms with E-state index < -0.39 is 0 Å². The molecular formula is C16H19NO3. The molecule has 2 atom stereocenters. The number of esters is 1. The number of aromatic nitrogens is 1. The highest BCUT2D eigenvalue weighted by molar-refractivity contribution is 5.82. The molecule has 0 unspecified atom stereocenters. The zero-order valence-corrected chi connectivity index (χ0v) is 11.9. The minimum atomic E-state index is -0.0946. The van der Waals surface area contributed by atoms with Crippen LogP contribution in [0.3, 0.4) is 0 Å². The van der Waals surface area contributed by atoms with Gasteiger partial charge in [-0.2, -0.15) is 0 Å². The van der Waals surface area contributed by atoms with Crippen molar-refractivity contribution in [3.8, 4) is 0 Å². The van der Waals surface area contributed by atoms with Crippen molar-refractivity contribution in [3.05, 3.63) is 29.7 Å². The van der Waals surface area contributed by atoms with E-state index in [0.29, 0.717) is 6.61 Å². The number of hydrogen-bond donors (Lipinski definition) is 0. The Morgan fingerprint density at radius 2 is 2.30 bits per heavy atom. The van der Waals surface area contributed by atoms with Gasteiger partial charge in [0.15, 0.2) is 11.5 Å². The van der Waals surface area contributed by atoms with Crippen molar-refractivity contribution in [3.63, 3.8) is 0 Å². The zero-order valence-electron chi connectivity index (χ0n) is 11.9. The highest BCUT2D eigenvalue weighted by atomic mass is 16.5. The van der Waals surface area contributed by atoms with Gasteiger partial charge in [0.2, 0.25) is 0 Å². The summed E-state index contributed by atoms with van der Waals surface area (Å²) in [5, 5.41) is 0. The summed E-state index contributed by atoms with van der Waals surface area (Å²) in [4.78, 5) is 16.3. The Labute approximate surface area is 118 Å². The van der Waals surface area contributed by atoms with Gasteiger partial charge in [-0.05, 0) is 25.8 Å². The fourth-order valence-electron chi connectivity index (χ4n) is 2.68. The lowest BCUT2D eigenvalue weighted by Gasteiger charge is -2.01. The third-order valence-corrected chi connectivity index (χ3v) is 3.73. The van der Waals surface area contributed by atoms with Crippen LogP contribution in [0.5, 0.6) is 0 Å². The van der Waals surface area contributed by atoms with Gasteiger partial charge in [0.05, 0.1) is 12.5 Å². The first-order chi connectivity index (χ1) is 9.74. The summed E-state index contributed by atoms with van der Waals surface area (Å²) in [7, 11) is 0. The van der Waals surface area contributed by atoms with Gasteiger partial charge in [0.1, 0.15) is 5.52 Å². The van der Waals surface area contributed by atoms with Crippen LogP contribution >= 0.6 is 0 Å². The van der Waals surface area contributed by atoms with E-state index in [9.17, 15) is 4.79 Å². The van der Waals surface area contributed by atoms with E-state index in [2.05, 4.69) is 11.9 Å². The Balaban J connectivity index is 1.87. The zero-order chi connectivity index (χ0) is 14.1. The Morgan fingerprint density at radius 1 is 1.45 bits per heavy atom. The number of para-hydroxylation sites is 1. The number of oxazole rings is 1. The van der Waals surface area contributed by atoms with Crippen molar-refractivity contribution in [2.45, 2.75) is 39.0 Å². The molecule has 2 aromatic rings. The summed E-state index contributed by atoms with van der Waals surface area (Å²) in [6, 6.07) is 5.98. The van der Waals surface area contributed by atoms with E-state index in [1.54, 1.807) is 0 Å². The fourth-order valence-corrected chi connectivity index (χ4v) is 2.68. The van der Waals surface area contributed by atoms with Crippen LogP contribution < -0.4 is 0 Å². The largest absolute Gasteiger partial charge is 0.466 e. The van der Waals surface area contributed by atoms with Crippen LogP contribution in [0.25, 0.3) is 11.1 Å². The first kappa shape index (κ1) is 13.2. The number of aryl methyl sites for hydroxylation is 1. The highest BCUT2D eigenvalue weighted by Gasteiger charge is 2.46. The van der Waals surface area contributed by atoms with Gasteiger partial charge < -0.3 is 9.15 Å². The molecule has 1 aromatic heterocycles. The van der Waals surface area contributed by atoms with Crippen molar-refractivity contribution in [1.29, 1.82) is 0 Å². The lowest BCUT2D eigenvalue weighted by atomic mass is 10.1. The first-order valence-corrected chi connectivity index (χ1v) is 7.29. The van der Waals surface area contributed by atoms with Gasteiger partial charge in [0.25, 0.3) is 0 Å². The van der Waals surface area contributed by atoms with Crippen LogP contribution in [0.1, 0.15) is 44.1 Å². The Kier molecular flexibility index (Phi) is 3.47. The van der Waals surface area contributed by atoms with E-state index in [1.165, 1.54) is 0 Å². The molecule has 0 radical (unpaired) electrons. The van der Waals surface area contributed by atoms with Crippen molar-refractivity contribution in [1.82, 2.24) is 4.98 Å². The van der Waals surface area contributed by atoms with E-state index in [4.69, 9.17) is 9.15 Å². The average molecular weight is 273 g/mol. The second kappa shape index (κ2) is 5.27. The molecule has 0 saturated heterocycles. The number of carbonyl (C=O) groups is 1. The number of ether oxygens (including phenoxy) is 1. The molecule has 3 rings (SSSR count). The minimum absolute atomic E-state index is 0.0136. The van der Waals surface area contributed by atoms with Crippen LogP contribution in [0.2, 0.25) is 0 Å². The van der Waals surface area contributed by atoms with Crippen LogP contribution in [-0.4, -0.2) is 17.6 Å². The summed E-state index contributed by atoms with van der Waals surface area (Å²) >= 11 is 0. The van der Waals surface area contributed by atoms with E-state index >= 15 is 0 Å². The third-order valence-electron chi connectivity index (χ3n) is 3.73. The van der Waals surface area contributed by atoms with Gasteiger partial charge in [-0.15, -0.1) is 0 Å². The Hall–Kier alpha value is -1.84.